The molecule has 0 unspecified atom stereocenters. The minimum Gasteiger partial charge on any atom is -0.493 e. The van der Waals surface area contributed by atoms with Crippen molar-refractivity contribution < 1.29 is 4.74 Å². The number of hydrogen-bond acceptors (Lipinski definition) is 4. The Hall–Kier alpha value is -1.79. The summed E-state index contributed by atoms with van der Waals surface area (Å²) in [5.74, 6) is 1.84. The van der Waals surface area contributed by atoms with E-state index in [1.165, 1.54) is 56.6 Å². The van der Waals surface area contributed by atoms with Crippen LogP contribution in [0.15, 0.2) is 23.2 Å². The fourth-order valence-electron chi connectivity index (χ4n) is 3.71. The number of likely N-dealkylation sites (N-methyl/N-ethyl adjacent to an activating group) is 1. The van der Waals surface area contributed by atoms with E-state index in [1.54, 1.807) is 0 Å². The smallest absolute Gasteiger partial charge is 0.191 e. The minimum absolute atomic E-state index is 0.710. The van der Waals surface area contributed by atoms with Crippen molar-refractivity contribution in [1.29, 1.82) is 0 Å². The Labute approximate surface area is 184 Å². The summed E-state index contributed by atoms with van der Waals surface area (Å²) in [4.78, 5) is 9.39. The molecule has 0 atom stereocenters. The minimum atomic E-state index is 0.710. The van der Waals surface area contributed by atoms with Crippen molar-refractivity contribution >= 4 is 5.96 Å². The molecule has 1 aliphatic heterocycles. The molecule has 170 valence electrons. The second kappa shape index (κ2) is 14.3. The first-order chi connectivity index (χ1) is 14.6. The third-order valence-electron chi connectivity index (χ3n) is 5.65. The Morgan fingerprint density at radius 1 is 1.10 bits per heavy atom. The second-order valence-corrected chi connectivity index (χ2v) is 8.37. The van der Waals surface area contributed by atoms with E-state index in [1.807, 2.05) is 7.05 Å². The van der Waals surface area contributed by atoms with Gasteiger partial charge in [0.25, 0.3) is 0 Å². The van der Waals surface area contributed by atoms with Crippen LogP contribution in [0, 0.1) is 6.92 Å². The van der Waals surface area contributed by atoms with Gasteiger partial charge in [-0.2, -0.15) is 0 Å². The maximum Gasteiger partial charge on any atom is 0.191 e. The SMILES string of the molecule is CCCCCOc1cc(C)ccc1CNC(=NC)NCCCN1CCCN(C)CC1. The van der Waals surface area contributed by atoms with Crippen molar-refractivity contribution in [2.45, 2.75) is 52.5 Å². The zero-order valence-corrected chi connectivity index (χ0v) is 19.7. The lowest BCUT2D eigenvalue weighted by atomic mass is 10.1. The van der Waals surface area contributed by atoms with Crippen LogP contribution in [0.1, 0.15) is 50.2 Å². The standard InChI is InChI=1S/C24H43N5O/c1-5-6-7-18-30-23-19-21(2)10-11-22(23)20-27-24(25-3)26-12-8-14-29-15-9-13-28(4)16-17-29/h10-11,19H,5-9,12-18,20H2,1-4H3,(H2,25,26,27). The molecule has 0 aromatic heterocycles. The van der Waals surface area contributed by atoms with Gasteiger partial charge < -0.3 is 25.2 Å². The molecule has 30 heavy (non-hydrogen) atoms. The van der Waals surface area contributed by atoms with Crippen LogP contribution in [0.4, 0.5) is 0 Å². The van der Waals surface area contributed by atoms with Crippen LogP contribution in [0.2, 0.25) is 0 Å². The number of guanidine groups is 1. The van der Waals surface area contributed by atoms with Crippen LogP contribution in [0.3, 0.4) is 0 Å². The number of hydrogen-bond donors (Lipinski definition) is 2. The van der Waals surface area contributed by atoms with Gasteiger partial charge in [0.05, 0.1) is 6.61 Å². The lowest BCUT2D eigenvalue weighted by Crippen LogP contribution is -2.38. The van der Waals surface area contributed by atoms with Gasteiger partial charge in [-0.15, -0.1) is 0 Å². The van der Waals surface area contributed by atoms with Crippen LogP contribution in [0.25, 0.3) is 0 Å². The van der Waals surface area contributed by atoms with Gasteiger partial charge >= 0.3 is 0 Å². The van der Waals surface area contributed by atoms with Crippen molar-refractivity contribution in [3.8, 4) is 5.75 Å². The predicted octanol–water partition coefficient (Wildman–Crippen LogP) is 3.26. The topological polar surface area (TPSA) is 52.1 Å². The highest BCUT2D eigenvalue weighted by Gasteiger charge is 2.11. The van der Waals surface area contributed by atoms with E-state index < -0.39 is 0 Å². The van der Waals surface area contributed by atoms with E-state index in [4.69, 9.17) is 4.74 Å². The number of aryl methyl sites for hydroxylation is 1. The highest BCUT2D eigenvalue weighted by molar-refractivity contribution is 5.79. The predicted molar refractivity (Wildman–Crippen MR) is 128 cm³/mol. The van der Waals surface area contributed by atoms with Crippen LogP contribution >= 0.6 is 0 Å². The summed E-state index contributed by atoms with van der Waals surface area (Å²) >= 11 is 0. The third kappa shape index (κ3) is 9.35. The molecule has 2 rings (SSSR count). The van der Waals surface area contributed by atoms with Gasteiger partial charge in [-0.05, 0) is 64.5 Å². The highest BCUT2D eigenvalue weighted by Crippen LogP contribution is 2.20. The number of benzene rings is 1. The maximum absolute atomic E-state index is 6.06. The number of rotatable bonds is 11. The zero-order chi connectivity index (χ0) is 21.6. The van der Waals surface area contributed by atoms with Gasteiger partial charge in [0.2, 0.25) is 0 Å². The van der Waals surface area contributed by atoms with Crippen molar-refractivity contribution in [2.75, 3.05) is 60.0 Å². The Balaban J connectivity index is 1.73. The summed E-state index contributed by atoms with van der Waals surface area (Å²) in [6.07, 6.45) is 5.92. The van der Waals surface area contributed by atoms with Gasteiger partial charge in [0.1, 0.15) is 5.75 Å². The molecular formula is C24H43N5O. The quantitative estimate of drug-likeness (QED) is 0.329. The Morgan fingerprint density at radius 3 is 2.77 bits per heavy atom. The molecule has 1 fully saturated rings. The van der Waals surface area contributed by atoms with Crippen LogP contribution in [0.5, 0.6) is 5.75 Å². The summed E-state index contributed by atoms with van der Waals surface area (Å²) < 4.78 is 6.06. The van der Waals surface area contributed by atoms with E-state index in [-0.39, 0.29) is 0 Å². The lowest BCUT2D eigenvalue weighted by Gasteiger charge is -2.20. The summed E-state index contributed by atoms with van der Waals surface area (Å²) in [5, 5.41) is 6.90. The number of nitrogens with one attached hydrogen (secondary N) is 2. The Bertz CT molecular complexity index is 634. The molecular weight excluding hydrogens is 374 g/mol. The number of nitrogens with zero attached hydrogens (tertiary/aromatic N) is 3. The molecule has 0 amide bonds. The highest BCUT2D eigenvalue weighted by atomic mass is 16.5. The average Bonchev–Trinajstić information content (AvgIpc) is 2.96. The molecule has 0 radical (unpaired) electrons. The molecule has 1 saturated heterocycles. The molecule has 1 heterocycles. The summed E-state index contributed by atoms with van der Waals surface area (Å²) in [5.41, 5.74) is 2.40. The number of aliphatic imine (C=N–C) groups is 1. The van der Waals surface area contributed by atoms with E-state index in [0.29, 0.717) is 6.54 Å². The second-order valence-electron chi connectivity index (χ2n) is 8.37. The van der Waals surface area contributed by atoms with Crippen molar-refractivity contribution in [1.82, 2.24) is 20.4 Å². The third-order valence-corrected chi connectivity index (χ3v) is 5.65. The van der Waals surface area contributed by atoms with E-state index in [2.05, 4.69) is 64.5 Å². The van der Waals surface area contributed by atoms with Gasteiger partial charge in [-0.25, -0.2) is 0 Å². The number of unbranched alkanes of at least 4 members (excludes halogenated alkanes) is 2. The maximum atomic E-state index is 6.06. The molecule has 1 aliphatic rings. The fourth-order valence-corrected chi connectivity index (χ4v) is 3.71. The average molecular weight is 418 g/mol. The summed E-state index contributed by atoms with van der Waals surface area (Å²) in [6.45, 7) is 12.7. The van der Waals surface area contributed by atoms with E-state index in [9.17, 15) is 0 Å². The summed E-state index contributed by atoms with van der Waals surface area (Å²) in [6, 6.07) is 6.43. The van der Waals surface area contributed by atoms with Crippen molar-refractivity contribution in [3.63, 3.8) is 0 Å². The van der Waals surface area contributed by atoms with Gasteiger partial charge in [0.15, 0.2) is 5.96 Å². The Kier molecular flexibility index (Phi) is 11.6. The molecule has 1 aromatic carbocycles. The molecule has 0 bridgehead atoms. The lowest BCUT2D eigenvalue weighted by molar-refractivity contribution is 0.274. The van der Waals surface area contributed by atoms with Gasteiger partial charge in [0, 0.05) is 38.8 Å². The van der Waals surface area contributed by atoms with Crippen molar-refractivity contribution in [2.24, 2.45) is 4.99 Å². The largest absolute Gasteiger partial charge is 0.493 e. The van der Waals surface area contributed by atoms with Crippen LogP contribution in [-0.4, -0.2) is 75.7 Å². The van der Waals surface area contributed by atoms with Crippen LogP contribution in [-0.2, 0) is 6.54 Å². The molecule has 0 aliphatic carbocycles. The molecule has 0 spiro atoms. The molecule has 1 aromatic rings. The van der Waals surface area contributed by atoms with E-state index >= 15 is 0 Å². The fraction of sp³-hybridized carbons (Fsp3) is 0.708. The zero-order valence-electron chi connectivity index (χ0n) is 19.7. The normalized spacial score (nSPS) is 16.3. The summed E-state index contributed by atoms with van der Waals surface area (Å²) in [7, 11) is 4.05. The molecule has 6 nitrogen and oxygen atoms in total. The first-order valence-electron chi connectivity index (χ1n) is 11.7. The molecule has 2 N–H and O–H groups in total. The molecule has 0 saturated carbocycles. The Morgan fingerprint density at radius 2 is 1.97 bits per heavy atom. The van der Waals surface area contributed by atoms with Gasteiger partial charge in [-0.3, -0.25) is 4.99 Å². The van der Waals surface area contributed by atoms with E-state index in [0.717, 1.165) is 44.2 Å². The van der Waals surface area contributed by atoms with Gasteiger partial charge in [-0.1, -0.05) is 31.9 Å². The van der Waals surface area contributed by atoms with Crippen LogP contribution < -0.4 is 15.4 Å². The molecule has 6 heteroatoms. The van der Waals surface area contributed by atoms with Crippen molar-refractivity contribution in [3.05, 3.63) is 29.3 Å². The first kappa shape index (κ1) is 24.5. The first-order valence-corrected chi connectivity index (χ1v) is 11.7. The number of ether oxygens (including phenoxy) is 1. The monoisotopic (exact) mass is 417 g/mol.